The fraction of sp³-hybridized carbons (Fsp3) is 0.500. The molecule has 0 N–H and O–H groups in total. The molecule has 0 amide bonds. The SMILES string of the molecule is C1COCCO1.O=[N+]([O-])/C=C/C=C/[N+](=O)[O-]. The zero-order valence-electron chi connectivity index (χ0n) is 8.48. The van der Waals surface area contributed by atoms with Gasteiger partial charge in [-0.15, -0.1) is 0 Å². The zero-order chi connectivity index (χ0) is 12.2. The van der Waals surface area contributed by atoms with E-state index >= 15 is 0 Å². The number of allylic oxidation sites excluding steroid dienone is 2. The van der Waals surface area contributed by atoms with Crippen molar-refractivity contribution in [3.63, 3.8) is 0 Å². The lowest BCUT2D eigenvalue weighted by Crippen LogP contribution is -2.16. The van der Waals surface area contributed by atoms with Crippen LogP contribution in [0.15, 0.2) is 24.6 Å². The number of rotatable bonds is 3. The number of hydrogen-bond donors (Lipinski definition) is 0. The van der Waals surface area contributed by atoms with Crippen LogP contribution in [0.3, 0.4) is 0 Å². The van der Waals surface area contributed by atoms with Crippen LogP contribution in [0.25, 0.3) is 0 Å². The number of nitrogens with zero attached hydrogens (tertiary/aromatic N) is 2. The quantitative estimate of drug-likeness (QED) is 0.401. The van der Waals surface area contributed by atoms with Gasteiger partial charge in [-0.2, -0.15) is 0 Å². The Morgan fingerprint density at radius 2 is 1.12 bits per heavy atom. The van der Waals surface area contributed by atoms with Crippen LogP contribution in [0.4, 0.5) is 0 Å². The van der Waals surface area contributed by atoms with Gasteiger partial charge in [0.05, 0.1) is 36.3 Å². The molecule has 0 aromatic carbocycles. The fourth-order valence-corrected chi connectivity index (χ4v) is 0.680. The molecule has 16 heavy (non-hydrogen) atoms. The lowest BCUT2D eigenvalue weighted by atomic mass is 10.6. The normalized spacial score (nSPS) is 15.8. The maximum atomic E-state index is 9.56. The molecule has 8 nitrogen and oxygen atoms in total. The molecular formula is C8H12N2O6. The van der Waals surface area contributed by atoms with Crippen molar-refractivity contribution in [3.05, 3.63) is 44.8 Å². The van der Waals surface area contributed by atoms with E-state index < -0.39 is 9.85 Å². The third-order valence-corrected chi connectivity index (χ3v) is 1.27. The van der Waals surface area contributed by atoms with Gasteiger partial charge < -0.3 is 9.47 Å². The van der Waals surface area contributed by atoms with Gasteiger partial charge in [0, 0.05) is 12.2 Å². The largest absolute Gasteiger partial charge is 0.377 e. The van der Waals surface area contributed by atoms with Crippen LogP contribution in [-0.2, 0) is 9.47 Å². The van der Waals surface area contributed by atoms with Gasteiger partial charge in [0.2, 0.25) is 12.4 Å². The van der Waals surface area contributed by atoms with E-state index in [0.717, 1.165) is 38.6 Å². The van der Waals surface area contributed by atoms with E-state index in [2.05, 4.69) is 0 Å². The average molecular weight is 232 g/mol. The van der Waals surface area contributed by atoms with E-state index in [1.807, 2.05) is 0 Å². The lowest BCUT2D eigenvalue weighted by Gasteiger charge is -2.09. The molecular weight excluding hydrogens is 220 g/mol. The molecule has 0 spiro atoms. The molecule has 1 aliphatic heterocycles. The predicted molar refractivity (Wildman–Crippen MR) is 53.9 cm³/mol. The summed E-state index contributed by atoms with van der Waals surface area (Å²) in [7, 11) is 0. The van der Waals surface area contributed by atoms with E-state index in [4.69, 9.17) is 9.47 Å². The van der Waals surface area contributed by atoms with Gasteiger partial charge in [0.25, 0.3) is 0 Å². The van der Waals surface area contributed by atoms with Crippen LogP contribution >= 0.6 is 0 Å². The molecule has 0 aromatic rings. The van der Waals surface area contributed by atoms with Crippen molar-refractivity contribution in [2.24, 2.45) is 0 Å². The second kappa shape index (κ2) is 9.74. The van der Waals surface area contributed by atoms with Crippen LogP contribution in [-0.4, -0.2) is 36.3 Å². The van der Waals surface area contributed by atoms with Crippen LogP contribution in [0.5, 0.6) is 0 Å². The molecule has 8 heteroatoms. The maximum Gasteiger partial charge on any atom is 0.234 e. The Bertz CT molecular complexity index is 238. The number of nitro groups is 2. The third-order valence-electron chi connectivity index (χ3n) is 1.27. The number of hydrogen-bond acceptors (Lipinski definition) is 6. The van der Waals surface area contributed by atoms with Gasteiger partial charge in [-0.3, -0.25) is 20.2 Å². The van der Waals surface area contributed by atoms with Crippen molar-refractivity contribution < 1.29 is 19.3 Å². The Hall–Kier alpha value is -1.80. The van der Waals surface area contributed by atoms with Crippen LogP contribution < -0.4 is 0 Å². The summed E-state index contributed by atoms with van der Waals surface area (Å²) in [5.74, 6) is 0. The Labute approximate surface area is 91.4 Å². The summed E-state index contributed by atoms with van der Waals surface area (Å²) in [6.45, 7) is 3.11. The third kappa shape index (κ3) is 12.2. The van der Waals surface area contributed by atoms with E-state index in [9.17, 15) is 20.2 Å². The highest BCUT2D eigenvalue weighted by Gasteiger charge is 1.94. The monoisotopic (exact) mass is 232 g/mol. The number of ether oxygens (including phenoxy) is 2. The highest BCUT2D eigenvalue weighted by Crippen LogP contribution is 1.85. The second-order valence-electron chi connectivity index (χ2n) is 2.48. The minimum atomic E-state index is -0.704. The standard InChI is InChI=1S/C4H4N2O4.C4H8O2/c7-5(8)3-1-2-4-6(9)10;1-2-6-4-3-5-1/h1-4H;1-4H2/b3-1+,4-2+;. The molecule has 0 atom stereocenters. The molecule has 0 aliphatic carbocycles. The van der Waals surface area contributed by atoms with Crippen molar-refractivity contribution in [1.82, 2.24) is 0 Å². The first-order chi connectivity index (χ1) is 7.63. The summed E-state index contributed by atoms with van der Waals surface area (Å²) in [5, 5.41) is 19.1. The molecule has 1 aliphatic rings. The highest BCUT2D eigenvalue weighted by molar-refractivity contribution is 4.95. The van der Waals surface area contributed by atoms with Crippen molar-refractivity contribution >= 4 is 0 Å². The molecule has 0 aromatic heterocycles. The highest BCUT2D eigenvalue weighted by atomic mass is 16.6. The van der Waals surface area contributed by atoms with Gasteiger partial charge >= 0.3 is 0 Å². The smallest absolute Gasteiger partial charge is 0.234 e. The molecule has 1 heterocycles. The van der Waals surface area contributed by atoms with Gasteiger partial charge in [-0.25, -0.2) is 0 Å². The molecule has 0 unspecified atom stereocenters. The van der Waals surface area contributed by atoms with Crippen molar-refractivity contribution in [3.8, 4) is 0 Å². The Morgan fingerprint density at radius 1 is 0.812 bits per heavy atom. The Balaban J connectivity index is 0.000000315. The summed E-state index contributed by atoms with van der Waals surface area (Å²) >= 11 is 0. The van der Waals surface area contributed by atoms with Gasteiger partial charge in [-0.1, -0.05) is 0 Å². The van der Waals surface area contributed by atoms with Crippen molar-refractivity contribution in [1.29, 1.82) is 0 Å². The van der Waals surface area contributed by atoms with E-state index in [-0.39, 0.29) is 0 Å². The van der Waals surface area contributed by atoms with Crippen LogP contribution in [0.2, 0.25) is 0 Å². The molecule has 0 bridgehead atoms. The minimum absolute atomic E-state index is 0.611. The van der Waals surface area contributed by atoms with Gasteiger partial charge in [-0.05, 0) is 0 Å². The van der Waals surface area contributed by atoms with Crippen LogP contribution in [0.1, 0.15) is 0 Å². The molecule has 0 saturated carbocycles. The topological polar surface area (TPSA) is 105 Å². The van der Waals surface area contributed by atoms with Crippen LogP contribution in [0, 0.1) is 20.2 Å². The molecule has 0 radical (unpaired) electrons. The first kappa shape index (κ1) is 14.2. The summed E-state index contributed by atoms with van der Waals surface area (Å²) in [5.41, 5.74) is 0. The second-order valence-corrected chi connectivity index (χ2v) is 2.48. The first-order valence-corrected chi connectivity index (χ1v) is 4.40. The molecule has 90 valence electrons. The summed E-state index contributed by atoms with van der Waals surface area (Å²) in [6.07, 6.45) is 3.17. The molecule has 1 fully saturated rings. The lowest BCUT2D eigenvalue weighted by molar-refractivity contribution is -0.404. The minimum Gasteiger partial charge on any atom is -0.377 e. The zero-order valence-corrected chi connectivity index (χ0v) is 8.48. The van der Waals surface area contributed by atoms with Gasteiger partial charge in [0.15, 0.2) is 0 Å². The Kier molecular flexibility index (Phi) is 8.65. The summed E-state index contributed by atoms with van der Waals surface area (Å²) in [4.78, 5) is 17.7. The summed E-state index contributed by atoms with van der Waals surface area (Å²) < 4.78 is 9.89. The van der Waals surface area contributed by atoms with E-state index in [1.165, 1.54) is 0 Å². The maximum absolute atomic E-state index is 9.56. The van der Waals surface area contributed by atoms with E-state index in [1.54, 1.807) is 0 Å². The average Bonchev–Trinajstić information content (AvgIpc) is 2.27. The van der Waals surface area contributed by atoms with Crippen molar-refractivity contribution in [2.45, 2.75) is 0 Å². The van der Waals surface area contributed by atoms with E-state index in [0.29, 0.717) is 12.4 Å². The summed E-state index contributed by atoms with van der Waals surface area (Å²) in [6, 6.07) is 0. The van der Waals surface area contributed by atoms with Gasteiger partial charge in [0.1, 0.15) is 0 Å². The van der Waals surface area contributed by atoms with Crippen molar-refractivity contribution in [2.75, 3.05) is 26.4 Å². The predicted octanol–water partition coefficient (Wildman–Crippen LogP) is 0.600. The molecule has 1 rings (SSSR count). The first-order valence-electron chi connectivity index (χ1n) is 4.40. The molecule has 1 saturated heterocycles. The Morgan fingerprint density at radius 3 is 1.31 bits per heavy atom. The fourth-order valence-electron chi connectivity index (χ4n) is 0.680.